The highest BCUT2D eigenvalue weighted by atomic mass is 16.5. The van der Waals surface area contributed by atoms with E-state index in [-0.39, 0.29) is 23.8 Å². The van der Waals surface area contributed by atoms with Gasteiger partial charge in [0.2, 0.25) is 18.2 Å². The number of nitrogens with zero attached hydrogens (tertiary/aromatic N) is 5. The number of aromatic nitrogens is 3. The number of hydrogen-bond donors (Lipinski definition) is 3. The van der Waals surface area contributed by atoms with Gasteiger partial charge in [0.25, 0.3) is 0 Å². The molecule has 2 fully saturated rings. The van der Waals surface area contributed by atoms with Crippen molar-refractivity contribution in [3.63, 3.8) is 0 Å². The minimum absolute atomic E-state index is 0.0568. The zero-order valence-electron chi connectivity index (χ0n) is 24.3. The monoisotopic (exact) mass is 586 g/mol. The quantitative estimate of drug-likeness (QED) is 0.102. The third-order valence-electron chi connectivity index (χ3n) is 7.76. The van der Waals surface area contributed by atoms with E-state index >= 15 is 0 Å². The second kappa shape index (κ2) is 14.6. The number of hydrazone groups is 1. The van der Waals surface area contributed by atoms with Gasteiger partial charge in [-0.3, -0.25) is 19.2 Å². The van der Waals surface area contributed by atoms with Crippen LogP contribution in [0.25, 0.3) is 11.3 Å². The first-order valence-electron chi connectivity index (χ1n) is 14.6. The fourth-order valence-electron chi connectivity index (χ4n) is 5.55. The molecule has 0 unspecified atom stereocenters. The SMILES string of the molecule is Cc1c(/C(N)=N\NC=O)c(-c2ccc(Oc3ccccn3)cc2)nn1C1CCC(NC(=O)/C=C/CN2CCOCC2)CC1. The lowest BCUT2D eigenvalue weighted by Gasteiger charge is -2.30. The van der Waals surface area contributed by atoms with E-state index in [0.29, 0.717) is 29.3 Å². The van der Waals surface area contributed by atoms with Crippen molar-refractivity contribution in [3.05, 3.63) is 72.1 Å². The fraction of sp³-hybridized carbons (Fsp3) is 0.387. The molecule has 0 spiro atoms. The second-order valence-corrected chi connectivity index (χ2v) is 10.6. The van der Waals surface area contributed by atoms with Gasteiger partial charge in [-0.15, -0.1) is 0 Å². The standard InChI is InChI=1S/C31H38N8O4/c1-22-29(31(32)36-34-21-40)30(23-7-13-26(14-8-23)43-28-6-2-3-15-33-28)37-39(22)25-11-9-24(10-12-25)35-27(41)5-4-16-38-17-19-42-20-18-38/h2-8,13-15,21,24-25H,9-12,16-20H2,1H3,(H2,32,36)(H,34,40)(H,35,41)/b5-4+. The Morgan fingerprint density at radius 2 is 1.91 bits per heavy atom. The Bertz CT molecular complexity index is 1420. The summed E-state index contributed by atoms with van der Waals surface area (Å²) in [4.78, 5) is 29.9. The van der Waals surface area contributed by atoms with Crippen molar-refractivity contribution in [1.29, 1.82) is 0 Å². The molecule has 1 saturated carbocycles. The molecule has 1 saturated heterocycles. The lowest BCUT2D eigenvalue weighted by atomic mass is 9.91. The molecule has 1 aliphatic heterocycles. The number of amidine groups is 1. The molecule has 3 aromatic rings. The maximum atomic E-state index is 12.5. The Morgan fingerprint density at radius 1 is 1.14 bits per heavy atom. The van der Waals surface area contributed by atoms with Gasteiger partial charge in [-0.25, -0.2) is 10.4 Å². The normalized spacial score (nSPS) is 19.7. The molecule has 2 aromatic heterocycles. The molecule has 12 heteroatoms. The van der Waals surface area contributed by atoms with Gasteiger partial charge in [0.15, 0.2) is 5.84 Å². The molecule has 3 heterocycles. The molecule has 2 aliphatic rings. The topological polar surface area (TPSA) is 149 Å². The number of nitrogens with one attached hydrogen (secondary N) is 2. The van der Waals surface area contributed by atoms with Crippen LogP contribution in [0.3, 0.4) is 0 Å². The summed E-state index contributed by atoms with van der Waals surface area (Å²) >= 11 is 0. The van der Waals surface area contributed by atoms with Gasteiger partial charge >= 0.3 is 0 Å². The van der Waals surface area contributed by atoms with Crippen LogP contribution in [0.1, 0.15) is 43.0 Å². The van der Waals surface area contributed by atoms with E-state index in [2.05, 4.69) is 25.7 Å². The highest BCUT2D eigenvalue weighted by Crippen LogP contribution is 2.34. The lowest BCUT2D eigenvalue weighted by molar-refractivity contribution is -0.117. The van der Waals surface area contributed by atoms with Crippen molar-refractivity contribution in [2.45, 2.75) is 44.7 Å². The molecule has 0 radical (unpaired) electrons. The highest BCUT2D eigenvalue weighted by molar-refractivity contribution is 6.03. The molecule has 1 aliphatic carbocycles. The van der Waals surface area contributed by atoms with Crippen LogP contribution in [-0.2, 0) is 14.3 Å². The first-order chi connectivity index (χ1) is 21.0. The van der Waals surface area contributed by atoms with E-state index < -0.39 is 0 Å². The van der Waals surface area contributed by atoms with E-state index in [9.17, 15) is 9.59 Å². The summed E-state index contributed by atoms with van der Waals surface area (Å²) in [6.45, 7) is 5.98. The van der Waals surface area contributed by atoms with Crippen molar-refractivity contribution in [2.75, 3.05) is 32.8 Å². The minimum Gasteiger partial charge on any atom is -0.439 e. The molecular weight excluding hydrogens is 548 g/mol. The molecule has 2 amide bonds. The Kier molecular flexibility index (Phi) is 10.1. The van der Waals surface area contributed by atoms with E-state index in [1.807, 2.05) is 54.1 Å². The third-order valence-corrected chi connectivity index (χ3v) is 7.76. The summed E-state index contributed by atoms with van der Waals surface area (Å²) in [6.07, 6.45) is 9.09. The first-order valence-corrected chi connectivity index (χ1v) is 14.6. The van der Waals surface area contributed by atoms with Gasteiger partial charge in [0.1, 0.15) is 11.4 Å². The molecule has 226 valence electrons. The lowest BCUT2D eigenvalue weighted by Crippen LogP contribution is -2.38. The van der Waals surface area contributed by atoms with Crippen molar-refractivity contribution in [3.8, 4) is 22.9 Å². The number of rotatable bonds is 11. The maximum Gasteiger partial charge on any atom is 0.243 e. The number of hydrogen-bond acceptors (Lipinski definition) is 8. The van der Waals surface area contributed by atoms with Crippen LogP contribution < -0.4 is 21.2 Å². The van der Waals surface area contributed by atoms with Gasteiger partial charge < -0.3 is 20.5 Å². The molecule has 5 rings (SSSR count). The molecule has 1 aromatic carbocycles. The highest BCUT2D eigenvalue weighted by Gasteiger charge is 2.28. The predicted molar refractivity (Wildman–Crippen MR) is 162 cm³/mol. The van der Waals surface area contributed by atoms with Crippen molar-refractivity contribution < 1.29 is 19.1 Å². The van der Waals surface area contributed by atoms with Gasteiger partial charge in [0.05, 0.1) is 24.8 Å². The Labute approximate surface area is 250 Å². The maximum absolute atomic E-state index is 12.5. The van der Waals surface area contributed by atoms with Crippen LogP contribution in [0.5, 0.6) is 11.6 Å². The number of benzene rings is 1. The third kappa shape index (κ3) is 7.85. The number of nitrogens with two attached hydrogens (primary N) is 1. The van der Waals surface area contributed by atoms with Gasteiger partial charge in [0, 0.05) is 55.3 Å². The van der Waals surface area contributed by atoms with Gasteiger partial charge in [-0.05, 0) is 62.9 Å². The fourth-order valence-corrected chi connectivity index (χ4v) is 5.55. The van der Waals surface area contributed by atoms with E-state index in [1.54, 1.807) is 18.3 Å². The Morgan fingerprint density at radius 3 is 2.60 bits per heavy atom. The van der Waals surface area contributed by atoms with Gasteiger partial charge in [-0.2, -0.15) is 10.2 Å². The van der Waals surface area contributed by atoms with Crippen molar-refractivity contribution in [2.24, 2.45) is 10.8 Å². The minimum atomic E-state index is -0.0568. The molecule has 0 atom stereocenters. The van der Waals surface area contributed by atoms with Crippen LogP contribution in [-0.4, -0.2) is 76.7 Å². The first kappa shape index (κ1) is 29.9. The van der Waals surface area contributed by atoms with E-state index in [4.69, 9.17) is 20.3 Å². The number of carbonyl (C=O) groups is 2. The summed E-state index contributed by atoms with van der Waals surface area (Å²) in [6, 6.07) is 13.2. The van der Waals surface area contributed by atoms with Crippen LogP contribution in [0.15, 0.2) is 65.9 Å². The Hall–Kier alpha value is -4.55. The average Bonchev–Trinajstić information content (AvgIpc) is 3.38. The molecule has 0 bridgehead atoms. The van der Waals surface area contributed by atoms with E-state index in [1.165, 1.54) is 0 Å². The predicted octanol–water partition coefficient (Wildman–Crippen LogP) is 2.90. The van der Waals surface area contributed by atoms with Crippen molar-refractivity contribution >= 4 is 18.2 Å². The van der Waals surface area contributed by atoms with E-state index in [0.717, 1.165) is 69.8 Å². The molecule has 4 N–H and O–H groups in total. The second-order valence-electron chi connectivity index (χ2n) is 10.6. The molecular formula is C31H38N8O4. The van der Waals surface area contributed by atoms with Crippen LogP contribution >= 0.6 is 0 Å². The summed E-state index contributed by atoms with van der Waals surface area (Å²) in [5, 5.41) is 12.2. The number of carbonyl (C=O) groups excluding carboxylic acids is 2. The van der Waals surface area contributed by atoms with Crippen LogP contribution in [0.2, 0.25) is 0 Å². The van der Waals surface area contributed by atoms with Gasteiger partial charge in [-0.1, -0.05) is 12.1 Å². The summed E-state index contributed by atoms with van der Waals surface area (Å²) < 4.78 is 13.2. The largest absolute Gasteiger partial charge is 0.439 e. The summed E-state index contributed by atoms with van der Waals surface area (Å²) in [5.41, 5.74) is 11.7. The number of pyridine rings is 1. The zero-order valence-corrected chi connectivity index (χ0v) is 24.3. The summed E-state index contributed by atoms with van der Waals surface area (Å²) in [5.74, 6) is 1.26. The zero-order chi connectivity index (χ0) is 30.0. The average molecular weight is 587 g/mol. The van der Waals surface area contributed by atoms with Crippen molar-refractivity contribution in [1.82, 2.24) is 30.4 Å². The number of morpholine rings is 1. The van der Waals surface area contributed by atoms with Crippen LogP contribution in [0, 0.1) is 6.92 Å². The van der Waals surface area contributed by atoms with Crippen LogP contribution in [0.4, 0.5) is 0 Å². The number of amides is 2. The smallest absolute Gasteiger partial charge is 0.243 e. The Balaban J connectivity index is 1.26. The molecule has 43 heavy (non-hydrogen) atoms. The molecule has 12 nitrogen and oxygen atoms in total. The summed E-state index contributed by atoms with van der Waals surface area (Å²) in [7, 11) is 0. The number of ether oxygens (including phenoxy) is 2.